The molecule has 0 unspecified atom stereocenters. The summed E-state index contributed by atoms with van der Waals surface area (Å²) in [5, 5.41) is 6.13. The van der Waals surface area contributed by atoms with Crippen molar-refractivity contribution in [2.75, 3.05) is 19.4 Å². The van der Waals surface area contributed by atoms with Crippen LogP contribution in [-0.2, 0) is 4.79 Å². The Bertz CT molecular complexity index is 1130. The van der Waals surface area contributed by atoms with E-state index in [0.29, 0.717) is 28.8 Å². The Kier molecular flexibility index (Phi) is 7.87. The molecule has 2 aromatic carbocycles. The smallest absolute Gasteiger partial charge is 0.289 e. The van der Waals surface area contributed by atoms with Crippen molar-refractivity contribution in [3.63, 3.8) is 0 Å². The van der Waals surface area contributed by atoms with E-state index >= 15 is 0 Å². The van der Waals surface area contributed by atoms with E-state index in [9.17, 15) is 9.59 Å². The van der Waals surface area contributed by atoms with Gasteiger partial charge in [0.25, 0.3) is 5.91 Å². The second-order valence-corrected chi connectivity index (χ2v) is 9.18. The van der Waals surface area contributed by atoms with E-state index in [1.54, 1.807) is 36.0 Å². The van der Waals surface area contributed by atoms with Crippen LogP contribution in [0.1, 0.15) is 27.9 Å². The highest BCUT2D eigenvalue weighted by Gasteiger charge is 2.28. The minimum atomic E-state index is -0.401. The molecular weight excluding hydrogens is 476 g/mol. The number of carbonyl (C=O) groups is 2. The summed E-state index contributed by atoms with van der Waals surface area (Å²) in [6, 6.07) is 14.4. The number of amides is 2. The van der Waals surface area contributed by atoms with Crippen LogP contribution < -0.4 is 20.1 Å². The van der Waals surface area contributed by atoms with Gasteiger partial charge in [-0.3, -0.25) is 9.59 Å². The first-order valence-corrected chi connectivity index (χ1v) is 12.0. The van der Waals surface area contributed by atoms with Gasteiger partial charge < -0.3 is 20.1 Å². The summed E-state index contributed by atoms with van der Waals surface area (Å²) in [6.45, 7) is 0.293. The zero-order valence-corrected chi connectivity index (χ0v) is 19.9. The van der Waals surface area contributed by atoms with Crippen molar-refractivity contribution in [1.82, 2.24) is 20.6 Å². The van der Waals surface area contributed by atoms with Gasteiger partial charge in [0.05, 0.1) is 19.5 Å². The Hall–Kier alpha value is -3.30. The molecule has 0 spiro atoms. The Morgan fingerprint density at radius 2 is 1.74 bits per heavy atom. The zero-order valence-electron chi connectivity index (χ0n) is 18.4. The number of ether oxygens (including phenoxy) is 2. The summed E-state index contributed by atoms with van der Waals surface area (Å²) in [6.07, 6.45) is 3.60. The SMILES string of the molecule is COc1cnc(C(=O)NC[C@@H]2CCS[C@H](c3ccc(Oc4ccc(Cl)cc4)cc3)C(=O)N2)nc1. The average molecular weight is 499 g/mol. The summed E-state index contributed by atoms with van der Waals surface area (Å²) in [4.78, 5) is 33.2. The molecule has 1 aliphatic rings. The summed E-state index contributed by atoms with van der Waals surface area (Å²) >= 11 is 7.48. The van der Waals surface area contributed by atoms with Crippen LogP contribution in [0.3, 0.4) is 0 Å². The number of methoxy groups -OCH3 is 1. The van der Waals surface area contributed by atoms with Crippen LogP contribution in [0.4, 0.5) is 0 Å². The monoisotopic (exact) mass is 498 g/mol. The molecule has 0 bridgehead atoms. The predicted octanol–water partition coefficient (Wildman–Crippen LogP) is 4.02. The topological polar surface area (TPSA) is 102 Å². The lowest BCUT2D eigenvalue weighted by atomic mass is 10.1. The molecule has 2 N–H and O–H groups in total. The summed E-state index contributed by atoms with van der Waals surface area (Å²) < 4.78 is 10.8. The number of rotatable bonds is 7. The third kappa shape index (κ3) is 6.18. The predicted molar refractivity (Wildman–Crippen MR) is 131 cm³/mol. The van der Waals surface area contributed by atoms with Gasteiger partial charge in [0, 0.05) is 17.6 Å². The Labute approximate surface area is 206 Å². The number of carbonyl (C=O) groups excluding carboxylic acids is 2. The lowest BCUT2D eigenvalue weighted by Gasteiger charge is -2.18. The summed E-state index contributed by atoms with van der Waals surface area (Å²) in [7, 11) is 1.50. The van der Waals surface area contributed by atoms with Crippen LogP contribution in [0.2, 0.25) is 5.02 Å². The van der Waals surface area contributed by atoms with Gasteiger partial charge >= 0.3 is 0 Å². The molecule has 3 aromatic rings. The van der Waals surface area contributed by atoms with Crippen molar-refractivity contribution < 1.29 is 19.1 Å². The maximum absolute atomic E-state index is 12.9. The second-order valence-electron chi connectivity index (χ2n) is 7.53. The molecule has 0 aliphatic carbocycles. The molecule has 34 heavy (non-hydrogen) atoms. The van der Waals surface area contributed by atoms with E-state index in [1.807, 2.05) is 24.3 Å². The highest BCUT2D eigenvalue weighted by atomic mass is 35.5. The quantitative estimate of drug-likeness (QED) is 0.507. The fraction of sp³-hybridized carbons (Fsp3) is 0.250. The van der Waals surface area contributed by atoms with E-state index in [2.05, 4.69) is 20.6 Å². The van der Waals surface area contributed by atoms with Crippen molar-refractivity contribution in [2.24, 2.45) is 0 Å². The lowest BCUT2D eigenvalue weighted by molar-refractivity contribution is -0.121. The minimum Gasteiger partial charge on any atom is -0.494 e. The third-order valence-corrected chi connectivity index (χ3v) is 6.69. The first-order valence-electron chi connectivity index (χ1n) is 10.6. The Morgan fingerprint density at radius 3 is 2.38 bits per heavy atom. The van der Waals surface area contributed by atoms with Gasteiger partial charge in [-0.05, 0) is 54.1 Å². The van der Waals surface area contributed by atoms with Crippen molar-refractivity contribution in [1.29, 1.82) is 0 Å². The number of hydrogen-bond acceptors (Lipinski definition) is 7. The number of nitrogens with one attached hydrogen (secondary N) is 2. The first kappa shape index (κ1) is 23.8. The highest BCUT2D eigenvalue weighted by Crippen LogP contribution is 2.33. The number of thioether (sulfide) groups is 1. The molecule has 1 saturated heterocycles. The van der Waals surface area contributed by atoms with E-state index < -0.39 is 5.91 Å². The molecule has 2 amide bonds. The second kappa shape index (κ2) is 11.2. The largest absolute Gasteiger partial charge is 0.494 e. The van der Waals surface area contributed by atoms with Gasteiger partial charge in [0.1, 0.15) is 16.7 Å². The van der Waals surface area contributed by atoms with E-state index in [4.69, 9.17) is 21.1 Å². The van der Waals surface area contributed by atoms with E-state index in [-0.39, 0.29) is 23.0 Å². The third-order valence-electron chi connectivity index (χ3n) is 5.14. The number of hydrogen-bond donors (Lipinski definition) is 2. The molecule has 4 rings (SSSR count). The normalized spacial score (nSPS) is 17.9. The van der Waals surface area contributed by atoms with Crippen LogP contribution in [0.25, 0.3) is 0 Å². The van der Waals surface area contributed by atoms with Gasteiger partial charge in [-0.2, -0.15) is 0 Å². The number of benzene rings is 2. The minimum absolute atomic E-state index is 0.0499. The zero-order chi connectivity index (χ0) is 23.9. The first-order chi connectivity index (χ1) is 16.5. The van der Waals surface area contributed by atoms with Crippen molar-refractivity contribution in [3.05, 3.63) is 77.3 Å². The molecule has 176 valence electrons. The van der Waals surface area contributed by atoms with Gasteiger partial charge in [-0.25, -0.2) is 9.97 Å². The molecule has 1 aliphatic heterocycles. The van der Waals surface area contributed by atoms with Crippen LogP contribution in [0, 0.1) is 0 Å². The Morgan fingerprint density at radius 1 is 1.09 bits per heavy atom. The van der Waals surface area contributed by atoms with E-state index in [0.717, 1.165) is 17.7 Å². The van der Waals surface area contributed by atoms with Crippen molar-refractivity contribution in [3.8, 4) is 17.2 Å². The average Bonchev–Trinajstić information content (AvgIpc) is 3.05. The van der Waals surface area contributed by atoms with Crippen LogP contribution in [-0.4, -0.2) is 47.2 Å². The van der Waals surface area contributed by atoms with Gasteiger partial charge in [0.15, 0.2) is 5.75 Å². The summed E-state index contributed by atoms with van der Waals surface area (Å²) in [5.41, 5.74) is 0.891. The maximum Gasteiger partial charge on any atom is 0.289 e. The molecule has 8 nitrogen and oxygen atoms in total. The molecule has 0 saturated carbocycles. The van der Waals surface area contributed by atoms with Gasteiger partial charge in [0.2, 0.25) is 11.7 Å². The van der Waals surface area contributed by atoms with Crippen LogP contribution >= 0.6 is 23.4 Å². The molecule has 2 atom stereocenters. The molecule has 2 heterocycles. The standard InChI is InChI=1S/C24H23ClN4O4S/c1-32-20-13-26-22(27-14-20)24(31)28-12-17-10-11-34-21(23(30)29-17)15-2-6-18(7-3-15)33-19-8-4-16(25)5-9-19/h2-9,13-14,17,21H,10-12H2,1H3,(H,28,31)(H,29,30)/t17-,21+/m0/s1. The lowest BCUT2D eigenvalue weighted by Crippen LogP contribution is -2.44. The Balaban J connectivity index is 1.31. The maximum atomic E-state index is 12.9. The van der Waals surface area contributed by atoms with Crippen LogP contribution in [0.15, 0.2) is 60.9 Å². The number of halogens is 1. The number of nitrogens with zero attached hydrogens (tertiary/aromatic N) is 2. The van der Waals surface area contributed by atoms with Crippen LogP contribution in [0.5, 0.6) is 17.2 Å². The van der Waals surface area contributed by atoms with Crippen molar-refractivity contribution >= 4 is 35.2 Å². The van der Waals surface area contributed by atoms with Gasteiger partial charge in [-0.15, -0.1) is 11.8 Å². The van der Waals surface area contributed by atoms with Gasteiger partial charge in [-0.1, -0.05) is 23.7 Å². The summed E-state index contributed by atoms with van der Waals surface area (Å²) in [5.74, 6) is 2.16. The molecule has 1 fully saturated rings. The molecular formula is C24H23ClN4O4S. The molecule has 1 aromatic heterocycles. The fourth-order valence-electron chi connectivity index (χ4n) is 3.34. The highest BCUT2D eigenvalue weighted by molar-refractivity contribution is 8.00. The molecule has 10 heteroatoms. The molecule has 0 radical (unpaired) electrons. The fourth-order valence-corrected chi connectivity index (χ4v) is 4.69. The number of aromatic nitrogens is 2. The van der Waals surface area contributed by atoms with E-state index in [1.165, 1.54) is 19.5 Å². The van der Waals surface area contributed by atoms with Crippen molar-refractivity contribution in [2.45, 2.75) is 17.7 Å².